The lowest BCUT2D eigenvalue weighted by Gasteiger charge is -2.15. The minimum absolute atomic E-state index is 0. The summed E-state index contributed by atoms with van der Waals surface area (Å²) in [6.07, 6.45) is 0. The fourth-order valence-corrected chi connectivity index (χ4v) is 2.67. The number of amides is 3. The molecule has 0 bridgehead atoms. The van der Waals surface area contributed by atoms with Crippen LogP contribution < -0.4 is 16.4 Å². The van der Waals surface area contributed by atoms with Gasteiger partial charge in [0.15, 0.2) is 0 Å². The van der Waals surface area contributed by atoms with Crippen LogP contribution >= 0.6 is 12.4 Å². The average molecular weight is 327 g/mol. The van der Waals surface area contributed by atoms with Crippen molar-refractivity contribution in [1.82, 2.24) is 15.5 Å². The second-order valence-corrected chi connectivity index (χ2v) is 5.28. The third kappa shape index (κ3) is 4.98. The molecule has 1 aliphatic rings. The molecule has 2 atom stereocenters. The number of carbonyl (C=O) groups excluding carboxylic acids is 2. The van der Waals surface area contributed by atoms with E-state index >= 15 is 0 Å². The molecule has 0 radical (unpaired) electrons. The Morgan fingerprint density at radius 3 is 2.59 bits per heavy atom. The molecule has 1 fully saturated rings. The number of benzene rings is 1. The van der Waals surface area contributed by atoms with Crippen LogP contribution in [0.4, 0.5) is 4.79 Å². The third-order valence-electron chi connectivity index (χ3n) is 3.63. The maximum absolute atomic E-state index is 11.8. The highest BCUT2D eigenvalue weighted by Gasteiger charge is 2.32. The smallest absolute Gasteiger partial charge is 0.321 e. The van der Waals surface area contributed by atoms with Crippen LogP contribution in [0.15, 0.2) is 30.3 Å². The number of likely N-dealkylation sites (tertiary alicyclic amines) is 1. The average Bonchev–Trinajstić information content (AvgIpc) is 2.80. The van der Waals surface area contributed by atoms with Crippen LogP contribution in [0.2, 0.25) is 0 Å². The van der Waals surface area contributed by atoms with Gasteiger partial charge in [-0.25, -0.2) is 4.79 Å². The summed E-state index contributed by atoms with van der Waals surface area (Å²) in [5.74, 6) is -0.0784. The number of rotatable bonds is 4. The Morgan fingerprint density at radius 2 is 1.95 bits per heavy atom. The molecule has 1 saturated heterocycles. The van der Waals surface area contributed by atoms with Crippen molar-refractivity contribution in [3.63, 3.8) is 0 Å². The van der Waals surface area contributed by atoms with Crippen molar-refractivity contribution < 1.29 is 9.59 Å². The van der Waals surface area contributed by atoms with Gasteiger partial charge in [-0.3, -0.25) is 15.0 Å². The standard InChI is InChI=1S/C15H22N4O2.ClH/c1-2-17-15(21)18-14(20)10-19-8-12(13(16)9-19)11-6-4-3-5-7-11;/h3-7,12-13H,2,8-10,16H2,1H3,(H2,17,18,20,21);1H/t12-,13+;/m0./s1. The van der Waals surface area contributed by atoms with Gasteiger partial charge >= 0.3 is 6.03 Å². The van der Waals surface area contributed by atoms with E-state index in [1.54, 1.807) is 6.92 Å². The predicted octanol–water partition coefficient (Wildman–Crippen LogP) is 0.681. The molecule has 7 heteroatoms. The van der Waals surface area contributed by atoms with Crippen LogP contribution in [0.25, 0.3) is 0 Å². The summed E-state index contributed by atoms with van der Waals surface area (Å²) >= 11 is 0. The Balaban J connectivity index is 0.00000242. The Hall–Kier alpha value is -1.63. The summed E-state index contributed by atoms with van der Waals surface area (Å²) < 4.78 is 0. The molecule has 2 rings (SSSR count). The number of halogens is 1. The SMILES string of the molecule is CCNC(=O)NC(=O)CN1C[C@@H](N)[C@H](c2ccccc2)C1.Cl. The molecule has 0 spiro atoms. The summed E-state index contributed by atoms with van der Waals surface area (Å²) in [4.78, 5) is 25.1. The molecule has 122 valence electrons. The van der Waals surface area contributed by atoms with Gasteiger partial charge in [0.05, 0.1) is 6.54 Å². The largest absolute Gasteiger partial charge is 0.338 e. The molecule has 1 aromatic rings. The molecule has 0 saturated carbocycles. The van der Waals surface area contributed by atoms with Crippen molar-refractivity contribution in [2.75, 3.05) is 26.2 Å². The molecule has 1 aliphatic heterocycles. The summed E-state index contributed by atoms with van der Waals surface area (Å²) in [7, 11) is 0. The number of hydrogen-bond acceptors (Lipinski definition) is 4. The minimum Gasteiger partial charge on any atom is -0.338 e. The molecule has 0 unspecified atom stereocenters. The number of imide groups is 1. The van der Waals surface area contributed by atoms with Crippen LogP contribution in [0.1, 0.15) is 18.4 Å². The summed E-state index contributed by atoms with van der Waals surface area (Å²) in [6, 6.07) is 9.63. The third-order valence-corrected chi connectivity index (χ3v) is 3.63. The lowest BCUT2D eigenvalue weighted by atomic mass is 9.95. The van der Waals surface area contributed by atoms with Gasteiger partial charge in [0.2, 0.25) is 5.91 Å². The van der Waals surface area contributed by atoms with Crippen molar-refractivity contribution in [1.29, 1.82) is 0 Å². The number of carbonyl (C=O) groups is 2. The van der Waals surface area contributed by atoms with E-state index in [1.165, 1.54) is 5.56 Å². The van der Waals surface area contributed by atoms with Gasteiger partial charge in [-0.05, 0) is 12.5 Å². The van der Waals surface area contributed by atoms with Crippen LogP contribution in [0.5, 0.6) is 0 Å². The van der Waals surface area contributed by atoms with Gasteiger partial charge in [0.25, 0.3) is 0 Å². The number of nitrogens with two attached hydrogens (primary N) is 1. The normalized spacial score (nSPS) is 21.0. The van der Waals surface area contributed by atoms with Crippen LogP contribution in [-0.4, -0.2) is 49.1 Å². The van der Waals surface area contributed by atoms with Crippen molar-refractivity contribution in [2.45, 2.75) is 18.9 Å². The zero-order valence-electron chi connectivity index (χ0n) is 12.6. The highest BCUT2D eigenvalue weighted by molar-refractivity contribution is 5.95. The van der Waals surface area contributed by atoms with Crippen LogP contribution in [0, 0.1) is 0 Å². The van der Waals surface area contributed by atoms with E-state index < -0.39 is 6.03 Å². The second kappa shape index (κ2) is 8.73. The topological polar surface area (TPSA) is 87.5 Å². The zero-order valence-corrected chi connectivity index (χ0v) is 13.4. The predicted molar refractivity (Wildman–Crippen MR) is 88.1 cm³/mol. The first-order valence-electron chi connectivity index (χ1n) is 7.20. The Morgan fingerprint density at radius 1 is 1.27 bits per heavy atom. The lowest BCUT2D eigenvalue weighted by molar-refractivity contribution is -0.120. The first-order valence-corrected chi connectivity index (χ1v) is 7.20. The number of nitrogens with one attached hydrogen (secondary N) is 2. The Labute approximate surface area is 136 Å². The van der Waals surface area contributed by atoms with Crippen LogP contribution in [0.3, 0.4) is 0 Å². The van der Waals surface area contributed by atoms with E-state index in [1.807, 2.05) is 23.1 Å². The van der Waals surface area contributed by atoms with Gasteiger partial charge in [-0.1, -0.05) is 30.3 Å². The van der Waals surface area contributed by atoms with Crippen molar-refractivity contribution in [3.8, 4) is 0 Å². The molecule has 0 aromatic heterocycles. The fraction of sp³-hybridized carbons (Fsp3) is 0.467. The van der Waals surface area contributed by atoms with E-state index in [0.29, 0.717) is 13.1 Å². The first-order chi connectivity index (χ1) is 10.1. The number of urea groups is 1. The van der Waals surface area contributed by atoms with Crippen LogP contribution in [-0.2, 0) is 4.79 Å². The van der Waals surface area contributed by atoms with Gasteiger partial charge < -0.3 is 11.1 Å². The molecule has 0 aliphatic carbocycles. The van der Waals surface area contributed by atoms with E-state index in [4.69, 9.17) is 5.73 Å². The van der Waals surface area contributed by atoms with E-state index in [-0.39, 0.29) is 36.8 Å². The molecule has 1 heterocycles. The maximum atomic E-state index is 11.8. The van der Waals surface area contributed by atoms with Gasteiger partial charge in [0, 0.05) is 31.6 Å². The molecule has 22 heavy (non-hydrogen) atoms. The lowest BCUT2D eigenvalue weighted by Crippen LogP contribution is -2.44. The molecular formula is C15H23ClN4O2. The Bertz CT molecular complexity index is 498. The van der Waals surface area contributed by atoms with E-state index in [9.17, 15) is 9.59 Å². The number of hydrogen-bond donors (Lipinski definition) is 3. The van der Waals surface area contributed by atoms with Crippen molar-refractivity contribution in [3.05, 3.63) is 35.9 Å². The zero-order chi connectivity index (χ0) is 15.2. The molecular weight excluding hydrogens is 304 g/mol. The maximum Gasteiger partial charge on any atom is 0.321 e. The summed E-state index contributed by atoms with van der Waals surface area (Å²) in [6.45, 7) is 3.86. The minimum atomic E-state index is -0.453. The summed E-state index contributed by atoms with van der Waals surface area (Å²) in [5.41, 5.74) is 7.36. The molecule has 3 amide bonds. The molecule has 4 N–H and O–H groups in total. The van der Waals surface area contributed by atoms with Gasteiger partial charge in [0.1, 0.15) is 0 Å². The van der Waals surface area contributed by atoms with Gasteiger partial charge in [-0.15, -0.1) is 12.4 Å². The highest BCUT2D eigenvalue weighted by Crippen LogP contribution is 2.25. The van der Waals surface area contributed by atoms with Crippen molar-refractivity contribution in [2.24, 2.45) is 5.73 Å². The quantitative estimate of drug-likeness (QED) is 0.759. The second-order valence-electron chi connectivity index (χ2n) is 5.28. The first kappa shape index (κ1) is 18.4. The van der Waals surface area contributed by atoms with Gasteiger partial charge in [-0.2, -0.15) is 0 Å². The fourth-order valence-electron chi connectivity index (χ4n) is 2.67. The molecule has 6 nitrogen and oxygen atoms in total. The highest BCUT2D eigenvalue weighted by atomic mass is 35.5. The van der Waals surface area contributed by atoms with Crippen molar-refractivity contribution >= 4 is 24.3 Å². The van der Waals surface area contributed by atoms with E-state index in [0.717, 1.165) is 6.54 Å². The number of nitrogens with zero attached hydrogens (tertiary/aromatic N) is 1. The Kier molecular flexibility index (Phi) is 7.31. The monoisotopic (exact) mass is 326 g/mol. The summed E-state index contributed by atoms with van der Waals surface area (Å²) in [5, 5.41) is 4.84. The van der Waals surface area contributed by atoms with E-state index in [2.05, 4.69) is 22.8 Å². The molecule has 1 aromatic carbocycles.